The van der Waals surface area contributed by atoms with Crippen molar-refractivity contribution in [2.75, 3.05) is 0 Å². The highest BCUT2D eigenvalue weighted by molar-refractivity contribution is 6.31. The van der Waals surface area contributed by atoms with E-state index in [0.29, 0.717) is 22.4 Å². The lowest BCUT2D eigenvalue weighted by Gasteiger charge is -2.01. The normalized spacial score (nSPS) is 11.3. The van der Waals surface area contributed by atoms with Gasteiger partial charge in [0.1, 0.15) is 11.8 Å². The van der Waals surface area contributed by atoms with Crippen LogP contribution in [0.4, 0.5) is 0 Å². The van der Waals surface area contributed by atoms with Crippen LogP contribution in [0.1, 0.15) is 57.4 Å². The van der Waals surface area contributed by atoms with Crippen molar-refractivity contribution in [3.8, 4) is 0 Å². The lowest BCUT2D eigenvalue weighted by atomic mass is 10.1. The van der Waals surface area contributed by atoms with Gasteiger partial charge in [0, 0.05) is 11.4 Å². The minimum absolute atomic E-state index is 0.153. The molecular formula is C19H23ClN2O3. The van der Waals surface area contributed by atoms with Crippen molar-refractivity contribution in [2.24, 2.45) is 5.10 Å². The van der Waals surface area contributed by atoms with Gasteiger partial charge in [-0.1, -0.05) is 50.6 Å². The minimum atomic E-state index is -0.238. The number of hydrogen-bond acceptors (Lipinski definition) is 4. The van der Waals surface area contributed by atoms with Gasteiger partial charge in [0.15, 0.2) is 0 Å². The van der Waals surface area contributed by atoms with Crippen LogP contribution in [0.2, 0.25) is 5.02 Å². The second kappa shape index (κ2) is 9.99. The molecule has 2 aromatic rings. The highest BCUT2D eigenvalue weighted by Crippen LogP contribution is 2.16. The van der Waals surface area contributed by atoms with Crippen LogP contribution in [0, 0.1) is 0 Å². The van der Waals surface area contributed by atoms with E-state index in [1.807, 2.05) is 0 Å². The standard InChI is InChI=1S/C19H23ClN2O3/c1-2-3-4-5-6-7-8-18(23)22-21-12-14-13-25-17-10-9-15(20)11-16(17)19(14)24/h9-13H,2-8H2,1H3,(H,22,23)/b21-12+. The fourth-order valence-electron chi connectivity index (χ4n) is 2.50. The molecule has 0 saturated heterocycles. The first-order valence-corrected chi connectivity index (χ1v) is 9.02. The number of nitrogens with one attached hydrogen (secondary N) is 1. The third-order valence-electron chi connectivity index (χ3n) is 3.91. The van der Waals surface area contributed by atoms with Crippen LogP contribution in [0.3, 0.4) is 0 Å². The van der Waals surface area contributed by atoms with Crippen molar-refractivity contribution in [1.29, 1.82) is 0 Å². The number of benzene rings is 1. The second-order valence-corrected chi connectivity index (χ2v) is 6.41. The van der Waals surface area contributed by atoms with E-state index in [2.05, 4.69) is 17.5 Å². The number of fused-ring (bicyclic) bond motifs is 1. The summed E-state index contributed by atoms with van der Waals surface area (Å²) in [4.78, 5) is 24.1. The van der Waals surface area contributed by atoms with Crippen LogP contribution < -0.4 is 10.9 Å². The molecule has 134 valence electrons. The van der Waals surface area contributed by atoms with Crippen molar-refractivity contribution in [2.45, 2.75) is 51.9 Å². The number of halogens is 1. The molecule has 1 heterocycles. The lowest BCUT2D eigenvalue weighted by Crippen LogP contribution is -2.18. The summed E-state index contributed by atoms with van der Waals surface area (Å²) in [6, 6.07) is 4.85. The van der Waals surface area contributed by atoms with Gasteiger partial charge < -0.3 is 4.42 Å². The number of hydrazone groups is 1. The highest BCUT2D eigenvalue weighted by atomic mass is 35.5. The van der Waals surface area contributed by atoms with Crippen molar-refractivity contribution in [3.05, 3.63) is 45.3 Å². The molecule has 0 radical (unpaired) electrons. The maximum absolute atomic E-state index is 12.3. The Bertz CT molecular complexity index is 799. The zero-order valence-electron chi connectivity index (χ0n) is 14.4. The first kappa shape index (κ1) is 19.2. The lowest BCUT2D eigenvalue weighted by molar-refractivity contribution is -0.121. The summed E-state index contributed by atoms with van der Waals surface area (Å²) in [5, 5.41) is 4.69. The number of carbonyl (C=O) groups excluding carboxylic acids is 1. The molecule has 1 aromatic carbocycles. The summed E-state index contributed by atoms with van der Waals surface area (Å²) in [7, 11) is 0. The van der Waals surface area contributed by atoms with E-state index in [1.165, 1.54) is 31.7 Å². The Morgan fingerprint density at radius 3 is 2.80 bits per heavy atom. The number of hydrogen-bond donors (Lipinski definition) is 1. The van der Waals surface area contributed by atoms with Crippen LogP contribution in [0.5, 0.6) is 0 Å². The molecule has 25 heavy (non-hydrogen) atoms. The fourth-order valence-corrected chi connectivity index (χ4v) is 2.68. The largest absolute Gasteiger partial charge is 0.463 e. The molecule has 5 nitrogen and oxygen atoms in total. The predicted molar refractivity (Wildman–Crippen MR) is 101 cm³/mol. The maximum atomic E-state index is 12.3. The van der Waals surface area contributed by atoms with E-state index in [1.54, 1.807) is 18.2 Å². The number of rotatable bonds is 9. The van der Waals surface area contributed by atoms with Crippen molar-refractivity contribution in [3.63, 3.8) is 0 Å². The van der Waals surface area contributed by atoms with Crippen LogP contribution >= 0.6 is 11.6 Å². The number of unbranched alkanes of at least 4 members (excludes halogenated alkanes) is 5. The van der Waals surface area contributed by atoms with Crippen LogP contribution in [-0.2, 0) is 4.79 Å². The third kappa shape index (κ3) is 6.02. The SMILES string of the molecule is CCCCCCCCC(=O)N/N=C/c1coc2ccc(Cl)cc2c1=O. The Morgan fingerprint density at radius 2 is 2.00 bits per heavy atom. The molecule has 0 saturated carbocycles. The van der Waals surface area contributed by atoms with Gasteiger partial charge >= 0.3 is 0 Å². The van der Waals surface area contributed by atoms with Crippen LogP contribution in [0.15, 0.2) is 38.8 Å². The first-order valence-electron chi connectivity index (χ1n) is 8.64. The van der Waals surface area contributed by atoms with Gasteiger partial charge in [-0.15, -0.1) is 0 Å². The van der Waals surface area contributed by atoms with E-state index in [-0.39, 0.29) is 16.9 Å². The molecule has 1 N–H and O–H groups in total. The number of amides is 1. The summed E-state index contributed by atoms with van der Waals surface area (Å²) >= 11 is 5.91. The van der Waals surface area contributed by atoms with E-state index < -0.39 is 0 Å². The third-order valence-corrected chi connectivity index (χ3v) is 4.15. The number of nitrogens with zero attached hydrogens (tertiary/aromatic N) is 1. The molecule has 0 atom stereocenters. The molecule has 6 heteroatoms. The van der Waals surface area contributed by atoms with E-state index in [9.17, 15) is 9.59 Å². The number of carbonyl (C=O) groups is 1. The Kier molecular flexibility index (Phi) is 7.67. The molecule has 0 spiro atoms. The topological polar surface area (TPSA) is 71.7 Å². The summed E-state index contributed by atoms with van der Waals surface area (Å²) in [5.41, 5.74) is 2.92. The molecule has 1 amide bonds. The summed E-state index contributed by atoms with van der Waals surface area (Å²) in [6.45, 7) is 2.18. The van der Waals surface area contributed by atoms with Gasteiger partial charge in [0.2, 0.25) is 11.3 Å². The monoisotopic (exact) mass is 362 g/mol. The van der Waals surface area contributed by atoms with E-state index in [0.717, 1.165) is 19.3 Å². The van der Waals surface area contributed by atoms with Crippen molar-refractivity contribution < 1.29 is 9.21 Å². The molecule has 0 aliphatic rings. The molecule has 2 rings (SSSR count). The fraction of sp³-hybridized carbons (Fsp3) is 0.421. The average Bonchev–Trinajstić information content (AvgIpc) is 2.60. The molecule has 0 fully saturated rings. The van der Waals surface area contributed by atoms with Gasteiger partial charge in [-0.2, -0.15) is 5.10 Å². The van der Waals surface area contributed by atoms with Gasteiger partial charge in [0.25, 0.3) is 0 Å². The van der Waals surface area contributed by atoms with E-state index >= 15 is 0 Å². The average molecular weight is 363 g/mol. The van der Waals surface area contributed by atoms with Crippen LogP contribution in [-0.4, -0.2) is 12.1 Å². The maximum Gasteiger partial charge on any atom is 0.240 e. The van der Waals surface area contributed by atoms with Gasteiger partial charge in [0.05, 0.1) is 17.2 Å². The van der Waals surface area contributed by atoms with Crippen LogP contribution in [0.25, 0.3) is 11.0 Å². The quantitative estimate of drug-likeness (QED) is 0.401. The smallest absolute Gasteiger partial charge is 0.240 e. The zero-order chi connectivity index (χ0) is 18.1. The summed E-state index contributed by atoms with van der Waals surface area (Å²) in [5.74, 6) is -0.153. The van der Waals surface area contributed by atoms with Crippen molar-refractivity contribution in [1.82, 2.24) is 5.43 Å². The molecule has 0 bridgehead atoms. The minimum Gasteiger partial charge on any atom is -0.463 e. The first-order chi connectivity index (χ1) is 12.1. The van der Waals surface area contributed by atoms with Gasteiger partial charge in [-0.3, -0.25) is 9.59 Å². The highest BCUT2D eigenvalue weighted by Gasteiger charge is 2.06. The second-order valence-electron chi connectivity index (χ2n) is 5.97. The molecule has 1 aromatic heterocycles. The predicted octanol–water partition coefficient (Wildman–Crippen LogP) is 4.65. The Balaban J connectivity index is 1.85. The summed E-state index contributed by atoms with van der Waals surface area (Å²) < 4.78 is 5.39. The molecule has 0 unspecified atom stereocenters. The van der Waals surface area contributed by atoms with Gasteiger partial charge in [-0.25, -0.2) is 5.43 Å². The molecular weight excluding hydrogens is 340 g/mol. The summed E-state index contributed by atoms with van der Waals surface area (Å²) in [6.07, 6.45) is 9.79. The van der Waals surface area contributed by atoms with E-state index in [4.69, 9.17) is 16.0 Å². The Morgan fingerprint density at radius 1 is 1.24 bits per heavy atom. The molecule has 0 aliphatic carbocycles. The van der Waals surface area contributed by atoms with Crippen molar-refractivity contribution >= 4 is 34.7 Å². The Hall–Kier alpha value is -2.14. The zero-order valence-corrected chi connectivity index (χ0v) is 15.1. The Labute approximate surface area is 152 Å². The van der Waals surface area contributed by atoms with Gasteiger partial charge in [-0.05, 0) is 24.6 Å². The molecule has 0 aliphatic heterocycles.